The SMILES string of the molecule is CN=C(NCCCC(=O)Nc1ccc(Cl)cc1)NCC1(C)CCCO1. The van der Waals surface area contributed by atoms with E-state index < -0.39 is 0 Å². The lowest BCUT2D eigenvalue weighted by Gasteiger charge is -2.24. The van der Waals surface area contributed by atoms with Crippen molar-refractivity contribution >= 4 is 29.2 Å². The van der Waals surface area contributed by atoms with E-state index in [2.05, 4.69) is 27.9 Å². The highest BCUT2D eigenvalue weighted by Gasteiger charge is 2.29. The van der Waals surface area contributed by atoms with E-state index in [9.17, 15) is 4.79 Å². The minimum Gasteiger partial charge on any atom is -0.373 e. The molecule has 1 saturated heterocycles. The van der Waals surface area contributed by atoms with Gasteiger partial charge in [0.1, 0.15) is 0 Å². The molecule has 6 nitrogen and oxygen atoms in total. The molecule has 1 unspecified atom stereocenters. The van der Waals surface area contributed by atoms with E-state index in [-0.39, 0.29) is 11.5 Å². The molecule has 0 aliphatic carbocycles. The molecule has 1 aromatic rings. The number of nitrogens with one attached hydrogen (secondary N) is 3. The molecular weight excluding hydrogens is 340 g/mol. The number of anilines is 1. The summed E-state index contributed by atoms with van der Waals surface area (Å²) in [4.78, 5) is 16.1. The molecule has 25 heavy (non-hydrogen) atoms. The van der Waals surface area contributed by atoms with Crippen molar-refractivity contribution in [3.05, 3.63) is 29.3 Å². The number of carbonyl (C=O) groups excluding carboxylic acids is 1. The van der Waals surface area contributed by atoms with Gasteiger partial charge in [0.2, 0.25) is 5.91 Å². The molecule has 1 aliphatic heterocycles. The normalized spacial score (nSPS) is 20.4. The lowest BCUT2D eigenvalue weighted by atomic mass is 10.0. The summed E-state index contributed by atoms with van der Waals surface area (Å²) in [5.41, 5.74) is 0.639. The van der Waals surface area contributed by atoms with Gasteiger partial charge in [-0.3, -0.25) is 9.79 Å². The molecule has 1 fully saturated rings. The molecule has 138 valence electrons. The molecule has 7 heteroatoms. The second-order valence-corrected chi connectivity index (χ2v) is 6.85. The van der Waals surface area contributed by atoms with Crippen molar-refractivity contribution in [3.8, 4) is 0 Å². The largest absolute Gasteiger partial charge is 0.373 e. The highest BCUT2D eigenvalue weighted by molar-refractivity contribution is 6.30. The number of amides is 1. The van der Waals surface area contributed by atoms with Gasteiger partial charge in [-0.25, -0.2) is 0 Å². The van der Waals surface area contributed by atoms with Crippen LogP contribution in [0.15, 0.2) is 29.3 Å². The molecule has 3 N–H and O–H groups in total. The summed E-state index contributed by atoms with van der Waals surface area (Å²) in [6.07, 6.45) is 3.32. The average molecular weight is 367 g/mol. The standard InChI is InChI=1S/C18H27ClN4O2/c1-18(10-4-12-25-18)13-22-17(20-2)21-11-3-5-16(24)23-15-8-6-14(19)7-9-15/h6-9H,3-5,10-13H2,1-2H3,(H,23,24)(H2,20,21,22). The van der Waals surface area contributed by atoms with Crippen molar-refractivity contribution in [2.75, 3.05) is 32.1 Å². The Bertz CT molecular complexity index is 583. The van der Waals surface area contributed by atoms with E-state index in [4.69, 9.17) is 16.3 Å². The fourth-order valence-corrected chi connectivity index (χ4v) is 2.81. The highest BCUT2D eigenvalue weighted by Crippen LogP contribution is 2.23. The molecule has 1 heterocycles. The van der Waals surface area contributed by atoms with Crippen molar-refractivity contribution in [2.24, 2.45) is 4.99 Å². The number of rotatable bonds is 7. The molecule has 0 bridgehead atoms. The number of benzene rings is 1. The quantitative estimate of drug-likeness (QED) is 0.394. The zero-order valence-corrected chi connectivity index (χ0v) is 15.7. The Labute approximate surface area is 154 Å². The lowest BCUT2D eigenvalue weighted by molar-refractivity contribution is -0.116. The maximum atomic E-state index is 11.9. The first-order valence-corrected chi connectivity index (χ1v) is 9.02. The molecule has 1 aromatic carbocycles. The third-order valence-corrected chi connectivity index (χ3v) is 4.41. The Balaban J connectivity index is 1.61. The van der Waals surface area contributed by atoms with Gasteiger partial charge >= 0.3 is 0 Å². The first-order chi connectivity index (χ1) is 12.0. The minimum absolute atomic E-state index is 0.0149. The zero-order chi connectivity index (χ0) is 18.1. The molecule has 0 spiro atoms. The van der Waals surface area contributed by atoms with Crippen LogP contribution in [-0.4, -0.2) is 44.2 Å². The van der Waals surface area contributed by atoms with Crippen molar-refractivity contribution in [1.29, 1.82) is 0 Å². The van der Waals surface area contributed by atoms with Crippen LogP contribution in [0.2, 0.25) is 5.02 Å². The van der Waals surface area contributed by atoms with Gasteiger partial charge in [-0.15, -0.1) is 0 Å². The van der Waals surface area contributed by atoms with Crippen LogP contribution in [0.25, 0.3) is 0 Å². The van der Waals surface area contributed by atoms with Crippen molar-refractivity contribution < 1.29 is 9.53 Å². The third kappa shape index (κ3) is 6.92. The summed E-state index contributed by atoms with van der Waals surface area (Å²) in [5.74, 6) is 0.716. The van der Waals surface area contributed by atoms with Crippen LogP contribution in [0.1, 0.15) is 32.6 Å². The maximum Gasteiger partial charge on any atom is 0.224 e. The van der Waals surface area contributed by atoms with Crippen molar-refractivity contribution in [1.82, 2.24) is 10.6 Å². The molecule has 1 amide bonds. The van der Waals surface area contributed by atoms with Gasteiger partial charge in [0.25, 0.3) is 0 Å². The second kappa shape index (κ2) is 9.63. The fourth-order valence-electron chi connectivity index (χ4n) is 2.68. The van der Waals surface area contributed by atoms with Gasteiger partial charge in [0, 0.05) is 43.9 Å². The number of aliphatic imine (C=N–C) groups is 1. The first-order valence-electron chi connectivity index (χ1n) is 8.65. The maximum absolute atomic E-state index is 11.9. The lowest BCUT2D eigenvalue weighted by Crippen LogP contribution is -2.45. The molecule has 0 aromatic heterocycles. The van der Waals surface area contributed by atoms with E-state index in [1.165, 1.54) is 0 Å². The number of guanidine groups is 1. The monoisotopic (exact) mass is 366 g/mol. The number of halogens is 1. The van der Waals surface area contributed by atoms with Crippen LogP contribution >= 0.6 is 11.6 Å². The summed E-state index contributed by atoms with van der Waals surface area (Å²) in [6.45, 7) is 4.34. The predicted octanol–water partition coefficient (Wildman–Crippen LogP) is 2.79. The Kier molecular flexibility index (Phi) is 7.52. The van der Waals surface area contributed by atoms with Gasteiger partial charge in [0.15, 0.2) is 5.96 Å². The third-order valence-electron chi connectivity index (χ3n) is 4.15. The summed E-state index contributed by atoms with van der Waals surface area (Å²) >= 11 is 5.82. The Hall–Kier alpha value is -1.79. The van der Waals surface area contributed by atoms with Gasteiger partial charge < -0.3 is 20.7 Å². The van der Waals surface area contributed by atoms with Crippen LogP contribution in [0, 0.1) is 0 Å². The summed E-state index contributed by atoms with van der Waals surface area (Å²) in [7, 11) is 1.74. The van der Waals surface area contributed by atoms with E-state index in [0.717, 1.165) is 37.6 Å². The van der Waals surface area contributed by atoms with Gasteiger partial charge in [-0.1, -0.05) is 11.6 Å². The van der Waals surface area contributed by atoms with E-state index in [1.807, 2.05) is 0 Å². The first kappa shape index (κ1) is 19.5. The second-order valence-electron chi connectivity index (χ2n) is 6.41. The number of hydrogen-bond acceptors (Lipinski definition) is 3. The average Bonchev–Trinajstić information content (AvgIpc) is 3.03. The molecule has 0 saturated carbocycles. The van der Waals surface area contributed by atoms with E-state index in [0.29, 0.717) is 24.4 Å². The molecule has 1 atom stereocenters. The smallest absolute Gasteiger partial charge is 0.224 e. The zero-order valence-electron chi connectivity index (χ0n) is 14.9. The fraction of sp³-hybridized carbons (Fsp3) is 0.556. The highest BCUT2D eigenvalue weighted by atomic mass is 35.5. The Morgan fingerprint density at radius 1 is 1.32 bits per heavy atom. The van der Waals surface area contributed by atoms with Gasteiger partial charge in [-0.05, 0) is 50.5 Å². The van der Waals surface area contributed by atoms with Gasteiger partial charge in [0.05, 0.1) is 5.60 Å². The summed E-state index contributed by atoms with van der Waals surface area (Å²) in [5, 5.41) is 10.0. The number of nitrogens with zero attached hydrogens (tertiary/aromatic N) is 1. The minimum atomic E-state index is -0.115. The number of hydrogen-bond donors (Lipinski definition) is 3. The van der Waals surface area contributed by atoms with Crippen LogP contribution in [0.3, 0.4) is 0 Å². The molecule has 0 radical (unpaired) electrons. The Morgan fingerprint density at radius 3 is 2.72 bits per heavy atom. The molecular formula is C18H27ClN4O2. The van der Waals surface area contributed by atoms with Crippen LogP contribution in [0.5, 0.6) is 0 Å². The number of ether oxygens (including phenoxy) is 1. The number of carbonyl (C=O) groups is 1. The topological polar surface area (TPSA) is 74.8 Å². The Morgan fingerprint density at radius 2 is 2.08 bits per heavy atom. The van der Waals surface area contributed by atoms with Crippen molar-refractivity contribution in [3.63, 3.8) is 0 Å². The molecule has 1 aliphatic rings. The van der Waals surface area contributed by atoms with E-state index >= 15 is 0 Å². The molecule has 2 rings (SSSR count). The van der Waals surface area contributed by atoms with Crippen LogP contribution in [0.4, 0.5) is 5.69 Å². The van der Waals surface area contributed by atoms with E-state index in [1.54, 1.807) is 31.3 Å². The van der Waals surface area contributed by atoms with Gasteiger partial charge in [-0.2, -0.15) is 0 Å². The summed E-state index contributed by atoms with van der Waals surface area (Å²) < 4.78 is 5.75. The summed E-state index contributed by atoms with van der Waals surface area (Å²) in [6, 6.07) is 7.08. The van der Waals surface area contributed by atoms with Crippen molar-refractivity contribution in [2.45, 2.75) is 38.2 Å². The predicted molar refractivity (Wildman–Crippen MR) is 102 cm³/mol. The van der Waals surface area contributed by atoms with Crippen LogP contribution in [-0.2, 0) is 9.53 Å². The van der Waals surface area contributed by atoms with Crippen LogP contribution < -0.4 is 16.0 Å².